The number of aryl methyl sites for hydroxylation is 2. The van der Waals surface area contributed by atoms with Crippen molar-refractivity contribution in [3.05, 3.63) is 40.3 Å². The normalized spacial score (nSPS) is 11.4. The Bertz CT molecular complexity index is 1240. The first kappa shape index (κ1) is 19.4. The monoisotopic (exact) mass is 411 g/mol. The number of fused-ring (bicyclic) bond motifs is 2. The highest BCUT2D eigenvalue weighted by molar-refractivity contribution is 7.17. The van der Waals surface area contributed by atoms with E-state index in [0.29, 0.717) is 17.7 Å². The summed E-state index contributed by atoms with van der Waals surface area (Å²) in [6, 6.07) is 6.01. The van der Waals surface area contributed by atoms with Gasteiger partial charge in [0.05, 0.1) is 13.7 Å². The first-order valence-corrected chi connectivity index (χ1v) is 10.1. The van der Waals surface area contributed by atoms with Crippen LogP contribution in [0.2, 0.25) is 0 Å². The molecule has 0 saturated carbocycles. The molecule has 2 N–H and O–H groups in total. The molecule has 0 unspecified atom stereocenters. The Balaban J connectivity index is 2.10. The van der Waals surface area contributed by atoms with Gasteiger partial charge >= 0.3 is 5.97 Å². The topological polar surface area (TPSA) is 97.5 Å². The van der Waals surface area contributed by atoms with Gasteiger partial charge in [-0.15, -0.1) is 16.4 Å². The highest BCUT2D eigenvalue weighted by atomic mass is 32.1. The minimum atomic E-state index is -0.863. The van der Waals surface area contributed by atoms with Gasteiger partial charge < -0.3 is 14.9 Å². The summed E-state index contributed by atoms with van der Waals surface area (Å²) in [7, 11) is 3.40. The van der Waals surface area contributed by atoms with Crippen LogP contribution in [0, 0.1) is 6.92 Å². The molecule has 4 aromatic rings. The molecule has 0 amide bonds. The Labute approximate surface area is 171 Å². The predicted octanol–water partition coefficient (Wildman–Crippen LogP) is 3.68. The van der Waals surface area contributed by atoms with E-state index < -0.39 is 5.97 Å². The van der Waals surface area contributed by atoms with E-state index in [1.54, 1.807) is 30.2 Å². The summed E-state index contributed by atoms with van der Waals surface area (Å²) in [6.07, 6.45) is 0.340. The Morgan fingerprint density at radius 3 is 2.83 bits per heavy atom. The van der Waals surface area contributed by atoms with Crippen molar-refractivity contribution in [2.75, 3.05) is 7.11 Å². The third-order valence-electron chi connectivity index (χ3n) is 5.29. The van der Waals surface area contributed by atoms with Gasteiger partial charge in [-0.05, 0) is 64.6 Å². The van der Waals surface area contributed by atoms with E-state index in [1.165, 1.54) is 0 Å². The van der Waals surface area contributed by atoms with E-state index in [2.05, 4.69) is 16.4 Å². The molecule has 0 atom stereocenters. The van der Waals surface area contributed by atoms with E-state index in [0.717, 1.165) is 43.4 Å². The standard InChI is InChI=1S/C21H21N3O4S/c1-11-14(4-5-17(26)27)18(21(28-3)20-19(11)22-23-24(20)2)12-8-13(10-25)15-6-7-29-16(15)9-12/h6-9,25H,4-5,10H2,1-3H3,(H,26,27). The number of aliphatic hydroxyl groups excluding tert-OH is 1. The second-order valence-corrected chi connectivity index (χ2v) is 7.89. The maximum absolute atomic E-state index is 11.3. The number of hydrogen-bond acceptors (Lipinski definition) is 6. The molecule has 8 heteroatoms. The van der Waals surface area contributed by atoms with Gasteiger partial charge in [-0.1, -0.05) is 5.21 Å². The molecule has 2 heterocycles. The molecule has 0 bridgehead atoms. The number of methoxy groups -OCH3 is 1. The SMILES string of the molecule is COc1c(-c2cc(CO)c3ccsc3c2)c(CCC(=O)O)c(C)c2nnn(C)c12. The molecule has 0 radical (unpaired) electrons. The summed E-state index contributed by atoms with van der Waals surface area (Å²) >= 11 is 1.60. The zero-order chi connectivity index (χ0) is 20.7. The molecular formula is C21H21N3O4S. The van der Waals surface area contributed by atoms with Gasteiger partial charge in [-0.2, -0.15) is 0 Å². The first-order valence-electron chi connectivity index (χ1n) is 9.18. The van der Waals surface area contributed by atoms with Crippen molar-refractivity contribution in [2.45, 2.75) is 26.4 Å². The molecule has 4 rings (SSSR count). The minimum absolute atomic E-state index is 0.00311. The molecule has 2 aromatic carbocycles. The summed E-state index contributed by atoms with van der Waals surface area (Å²) in [4.78, 5) is 11.3. The van der Waals surface area contributed by atoms with Gasteiger partial charge in [0.1, 0.15) is 11.0 Å². The van der Waals surface area contributed by atoms with Crippen molar-refractivity contribution >= 4 is 38.4 Å². The maximum Gasteiger partial charge on any atom is 0.303 e. The number of ether oxygens (including phenoxy) is 1. The maximum atomic E-state index is 11.3. The van der Waals surface area contributed by atoms with Crippen molar-refractivity contribution in [1.29, 1.82) is 0 Å². The molecule has 150 valence electrons. The number of hydrogen-bond donors (Lipinski definition) is 2. The average Bonchev–Trinajstić information content (AvgIpc) is 3.33. The fraction of sp³-hybridized carbons (Fsp3) is 0.286. The third-order valence-corrected chi connectivity index (χ3v) is 6.15. The van der Waals surface area contributed by atoms with Gasteiger partial charge in [0, 0.05) is 23.7 Å². The van der Waals surface area contributed by atoms with E-state index in [4.69, 9.17) is 4.74 Å². The number of nitrogens with zero attached hydrogens (tertiary/aromatic N) is 3. The lowest BCUT2D eigenvalue weighted by Crippen LogP contribution is -2.05. The fourth-order valence-corrected chi connectivity index (χ4v) is 4.79. The molecule has 0 spiro atoms. The van der Waals surface area contributed by atoms with Gasteiger partial charge in [0.2, 0.25) is 0 Å². The van der Waals surface area contributed by atoms with Gasteiger partial charge in [-0.3, -0.25) is 4.79 Å². The molecule has 7 nitrogen and oxygen atoms in total. The lowest BCUT2D eigenvalue weighted by Gasteiger charge is -2.19. The zero-order valence-electron chi connectivity index (χ0n) is 16.4. The molecule has 2 aromatic heterocycles. The van der Waals surface area contributed by atoms with Crippen LogP contribution in [-0.4, -0.2) is 38.3 Å². The van der Waals surface area contributed by atoms with E-state index in [9.17, 15) is 15.0 Å². The summed E-state index contributed by atoms with van der Waals surface area (Å²) in [6.45, 7) is 1.86. The first-order chi connectivity index (χ1) is 14.0. The number of aliphatic carboxylic acids is 1. The predicted molar refractivity (Wildman–Crippen MR) is 112 cm³/mol. The molecule has 0 aliphatic carbocycles. The zero-order valence-corrected chi connectivity index (χ0v) is 17.2. The van der Waals surface area contributed by atoms with Crippen molar-refractivity contribution < 1.29 is 19.7 Å². The van der Waals surface area contributed by atoms with Gasteiger partial charge in [-0.25, -0.2) is 4.68 Å². The molecule has 0 aliphatic rings. The summed E-state index contributed by atoms with van der Waals surface area (Å²) < 4.78 is 8.54. The van der Waals surface area contributed by atoms with Crippen molar-refractivity contribution in [1.82, 2.24) is 15.0 Å². The summed E-state index contributed by atoms with van der Waals surface area (Å²) in [5, 5.41) is 30.6. The number of benzene rings is 2. The number of rotatable bonds is 6. The van der Waals surface area contributed by atoms with Gasteiger partial charge in [0.25, 0.3) is 0 Å². The van der Waals surface area contributed by atoms with Crippen LogP contribution in [0.5, 0.6) is 5.75 Å². The smallest absolute Gasteiger partial charge is 0.303 e. The quantitative estimate of drug-likeness (QED) is 0.502. The van der Waals surface area contributed by atoms with E-state index >= 15 is 0 Å². The second kappa shape index (κ2) is 7.46. The molecular weight excluding hydrogens is 390 g/mol. The number of carboxylic acid groups (broad SMARTS) is 1. The van der Waals surface area contributed by atoms with E-state index in [-0.39, 0.29) is 13.0 Å². The van der Waals surface area contributed by atoms with Crippen LogP contribution in [-0.2, 0) is 24.9 Å². The number of carbonyl (C=O) groups is 1. The average molecular weight is 411 g/mol. The third kappa shape index (κ3) is 3.14. The van der Waals surface area contributed by atoms with Crippen LogP contribution in [0.15, 0.2) is 23.6 Å². The summed E-state index contributed by atoms with van der Waals surface area (Å²) in [5.74, 6) is -0.253. The molecule has 0 aliphatic heterocycles. The van der Waals surface area contributed by atoms with Crippen molar-refractivity contribution in [3.63, 3.8) is 0 Å². The Hall–Kier alpha value is -2.97. The largest absolute Gasteiger partial charge is 0.494 e. The fourth-order valence-electron chi connectivity index (χ4n) is 3.92. The molecule has 29 heavy (non-hydrogen) atoms. The highest BCUT2D eigenvalue weighted by Crippen LogP contribution is 2.43. The number of carboxylic acids is 1. The Morgan fingerprint density at radius 2 is 2.14 bits per heavy atom. The Kier molecular flexibility index (Phi) is 4.97. The minimum Gasteiger partial charge on any atom is -0.494 e. The van der Waals surface area contributed by atoms with Crippen LogP contribution >= 0.6 is 11.3 Å². The molecule has 0 fully saturated rings. The number of aliphatic hydroxyl groups is 1. The lowest BCUT2D eigenvalue weighted by atomic mass is 9.89. The van der Waals surface area contributed by atoms with E-state index in [1.807, 2.05) is 24.4 Å². The lowest BCUT2D eigenvalue weighted by molar-refractivity contribution is -0.136. The number of thiophene rings is 1. The Morgan fingerprint density at radius 1 is 1.34 bits per heavy atom. The van der Waals surface area contributed by atoms with Crippen LogP contribution in [0.4, 0.5) is 0 Å². The van der Waals surface area contributed by atoms with Gasteiger partial charge in [0.15, 0.2) is 5.75 Å². The highest BCUT2D eigenvalue weighted by Gasteiger charge is 2.24. The molecule has 0 saturated heterocycles. The van der Waals surface area contributed by atoms with Crippen molar-refractivity contribution in [2.24, 2.45) is 7.05 Å². The van der Waals surface area contributed by atoms with Crippen LogP contribution in [0.3, 0.4) is 0 Å². The van der Waals surface area contributed by atoms with Crippen LogP contribution in [0.25, 0.3) is 32.2 Å². The number of aromatic nitrogens is 3. The van der Waals surface area contributed by atoms with Crippen LogP contribution in [0.1, 0.15) is 23.1 Å². The van der Waals surface area contributed by atoms with Crippen molar-refractivity contribution in [3.8, 4) is 16.9 Å². The van der Waals surface area contributed by atoms with Crippen LogP contribution < -0.4 is 4.74 Å². The summed E-state index contributed by atoms with van der Waals surface area (Å²) in [5.41, 5.74) is 5.76. The second-order valence-electron chi connectivity index (χ2n) is 6.94.